The van der Waals surface area contributed by atoms with Crippen molar-refractivity contribution in [3.63, 3.8) is 0 Å². The summed E-state index contributed by atoms with van der Waals surface area (Å²) in [4.78, 5) is 33.3. The molecule has 1 amide bonds. The van der Waals surface area contributed by atoms with Gasteiger partial charge in [-0.15, -0.1) is 0 Å². The van der Waals surface area contributed by atoms with Gasteiger partial charge in [-0.1, -0.05) is 18.2 Å². The number of benzene rings is 1. The number of rotatable bonds is 3. The zero-order valence-corrected chi connectivity index (χ0v) is 15.0. The van der Waals surface area contributed by atoms with Crippen LogP contribution < -0.4 is 5.56 Å². The van der Waals surface area contributed by atoms with Crippen molar-refractivity contribution in [1.29, 1.82) is 0 Å². The van der Waals surface area contributed by atoms with Crippen molar-refractivity contribution < 1.29 is 9.53 Å². The molecule has 136 valence electrons. The van der Waals surface area contributed by atoms with Crippen molar-refractivity contribution in [2.75, 3.05) is 19.7 Å². The molecule has 1 saturated heterocycles. The molecule has 0 radical (unpaired) electrons. The molecule has 6 heteroatoms. The summed E-state index contributed by atoms with van der Waals surface area (Å²) < 4.78 is 5.74. The quantitative estimate of drug-likeness (QED) is 0.911. The molecule has 1 N–H and O–H groups in total. The Kier molecular flexibility index (Phi) is 4.59. The van der Waals surface area contributed by atoms with Gasteiger partial charge in [-0.2, -0.15) is 0 Å². The lowest BCUT2D eigenvalue weighted by molar-refractivity contribution is -0.138. The van der Waals surface area contributed by atoms with Crippen molar-refractivity contribution in [2.24, 2.45) is 0 Å². The summed E-state index contributed by atoms with van der Waals surface area (Å²) in [7, 11) is 0. The maximum absolute atomic E-state index is 12.8. The number of nitrogens with zero attached hydrogens (tertiary/aromatic N) is 2. The summed E-state index contributed by atoms with van der Waals surface area (Å²) in [5, 5.41) is 0. The van der Waals surface area contributed by atoms with E-state index in [4.69, 9.17) is 4.74 Å². The van der Waals surface area contributed by atoms with Crippen LogP contribution in [0.25, 0.3) is 0 Å². The molecule has 1 aromatic heterocycles. The van der Waals surface area contributed by atoms with E-state index in [0.717, 1.165) is 18.4 Å². The van der Waals surface area contributed by atoms with Gasteiger partial charge in [0.05, 0.1) is 19.6 Å². The number of carbonyl (C=O) groups is 1. The van der Waals surface area contributed by atoms with Crippen LogP contribution in [0.15, 0.2) is 29.1 Å². The lowest BCUT2D eigenvalue weighted by atomic mass is 10.0. The fourth-order valence-electron chi connectivity index (χ4n) is 3.82. The zero-order chi connectivity index (χ0) is 18.1. The van der Waals surface area contributed by atoms with Crippen LogP contribution in [-0.4, -0.2) is 40.5 Å². The number of fused-ring (bicyclic) bond motifs is 1. The molecule has 4 rings (SSSR count). The Labute approximate surface area is 152 Å². The largest absolute Gasteiger partial charge is 0.367 e. The summed E-state index contributed by atoms with van der Waals surface area (Å²) in [6.45, 7) is 3.20. The van der Waals surface area contributed by atoms with E-state index in [1.54, 1.807) is 6.92 Å². The number of H-pyrrole nitrogens is 1. The number of hydrogen-bond donors (Lipinski definition) is 1. The summed E-state index contributed by atoms with van der Waals surface area (Å²) >= 11 is 0. The van der Waals surface area contributed by atoms with Gasteiger partial charge in [-0.05, 0) is 42.9 Å². The molecule has 0 spiro atoms. The third kappa shape index (κ3) is 3.55. The molecule has 1 unspecified atom stereocenters. The Hall–Kier alpha value is -2.47. The van der Waals surface area contributed by atoms with Gasteiger partial charge in [-0.25, -0.2) is 4.98 Å². The summed E-state index contributed by atoms with van der Waals surface area (Å²) in [5.41, 5.74) is 4.33. The van der Waals surface area contributed by atoms with Crippen molar-refractivity contribution in [3.05, 3.63) is 62.8 Å². The third-order valence-corrected chi connectivity index (χ3v) is 5.13. The molecule has 26 heavy (non-hydrogen) atoms. The molecule has 1 atom stereocenters. The van der Waals surface area contributed by atoms with E-state index in [9.17, 15) is 9.59 Å². The molecule has 0 saturated carbocycles. The first-order valence-corrected chi connectivity index (χ1v) is 9.16. The van der Waals surface area contributed by atoms with E-state index in [0.29, 0.717) is 37.6 Å². The highest BCUT2D eigenvalue weighted by molar-refractivity contribution is 5.79. The Balaban J connectivity index is 1.45. The number of ether oxygens (including phenoxy) is 1. The molecular weight excluding hydrogens is 330 g/mol. The molecule has 2 aromatic rings. The minimum absolute atomic E-state index is 0.0891. The first-order valence-electron chi connectivity index (χ1n) is 9.16. The van der Waals surface area contributed by atoms with Gasteiger partial charge in [0.1, 0.15) is 11.9 Å². The number of aryl methyl sites for hydroxylation is 3. The Bertz CT molecular complexity index is 890. The number of carbonyl (C=O) groups excluding carboxylic acids is 1. The van der Waals surface area contributed by atoms with Gasteiger partial charge in [0.15, 0.2) is 0 Å². The second kappa shape index (κ2) is 7.03. The molecule has 1 aromatic carbocycles. The van der Waals surface area contributed by atoms with E-state index in [2.05, 4.69) is 28.2 Å². The summed E-state index contributed by atoms with van der Waals surface area (Å²) in [6, 6.07) is 7.86. The number of amides is 1. The van der Waals surface area contributed by atoms with Crippen LogP contribution in [0.2, 0.25) is 0 Å². The van der Waals surface area contributed by atoms with Gasteiger partial charge in [0, 0.05) is 18.3 Å². The standard InChI is InChI=1S/C20H23N3O3/c1-13-9-18(24)22-20(21-13)17-12-23(7-8-26-17)19(25)11-14-5-6-15-3-2-4-16(15)10-14/h5-6,9-10,17H,2-4,7-8,11-12H2,1H3,(H,21,22,24). The molecular formula is C20H23N3O3. The summed E-state index contributed by atoms with van der Waals surface area (Å²) in [6.07, 6.45) is 3.48. The van der Waals surface area contributed by atoms with Crippen LogP contribution in [-0.2, 0) is 28.8 Å². The molecule has 2 aliphatic rings. The van der Waals surface area contributed by atoms with E-state index >= 15 is 0 Å². The minimum Gasteiger partial charge on any atom is -0.367 e. The maximum atomic E-state index is 12.8. The highest BCUT2D eigenvalue weighted by Gasteiger charge is 2.27. The van der Waals surface area contributed by atoms with Crippen LogP contribution in [0.3, 0.4) is 0 Å². The van der Waals surface area contributed by atoms with Crippen LogP contribution in [0.5, 0.6) is 0 Å². The lowest BCUT2D eigenvalue weighted by Crippen LogP contribution is -2.43. The van der Waals surface area contributed by atoms with E-state index < -0.39 is 0 Å². The van der Waals surface area contributed by atoms with Crippen molar-refractivity contribution in [3.8, 4) is 0 Å². The Morgan fingerprint density at radius 2 is 2.15 bits per heavy atom. The maximum Gasteiger partial charge on any atom is 0.251 e. The van der Waals surface area contributed by atoms with Gasteiger partial charge >= 0.3 is 0 Å². The predicted molar refractivity (Wildman–Crippen MR) is 97.0 cm³/mol. The average molecular weight is 353 g/mol. The lowest BCUT2D eigenvalue weighted by Gasteiger charge is -2.32. The summed E-state index contributed by atoms with van der Waals surface area (Å²) in [5.74, 6) is 0.580. The highest BCUT2D eigenvalue weighted by atomic mass is 16.5. The van der Waals surface area contributed by atoms with E-state index in [1.165, 1.54) is 23.6 Å². The predicted octanol–water partition coefficient (Wildman–Crippen LogP) is 1.71. The smallest absolute Gasteiger partial charge is 0.251 e. The second-order valence-corrected chi connectivity index (χ2v) is 7.10. The fraction of sp³-hybridized carbons (Fsp3) is 0.450. The van der Waals surface area contributed by atoms with Crippen molar-refractivity contribution in [1.82, 2.24) is 14.9 Å². The topological polar surface area (TPSA) is 75.3 Å². The molecule has 1 aliphatic carbocycles. The SMILES string of the molecule is Cc1cc(=O)[nH]c(C2CN(C(=O)Cc3ccc4c(c3)CCC4)CCO2)n1. The van der Waals surface area contributed by atoms with E-state index in [1.807, 2.05) is 4.90 Å². The Morgan fingerprint density at radius 1 is 1.31 bits per heavy atom. The van der Waals surface area contributed by atoms with Crippen molar-refractivity contribution >= 4 is 5.91 Å². The van der Waals surface area contributed by atoms with E-state index in [-0.39, 0.29) is 17.6 Å². The van der Waals surface area contributed by atoms with Crippen molar-refractivity contribution in [2.45, 2.75) is 38.7 Å². The first-order chi connectivity index (χ1) is 12.6. The molecule has 0 bridgehead atoms. The Morgan fingerprint density at radius 3 is 3.00 bits per heavy atom. The monoisotopic (exact) mass is 353 g/mol. The highest BCUT2D eigenvalue weighted by Crippen LogP contribution is 2.24. The van der Waals surface area contributed by atoms with Crippen LogP contribution >= 0.6 is 0 Å². The van der Waals surface area contributed by atoms with Gasteiger partial charge < -0.3 is 14.6 Å². The average Bonchev–Trinajstić information content (AvgIpc) is 3.09. The van der Waals surface area contributed by atoms with Gasteiger partial charge in [0.2, 0.25) is 5.91 Å². The van der Waals surface area contributed by atoms with Crippen LogP contribution in [0.4, 0.5) is 0 Å². The number of hydrogen-bond acceptors (Lipinski definition) is 4. The molecule has 2 heterocycles. The minimum atomic E-state index is -0.389. The molecule has 1 fully saturated rings. The van der Waals surface area contributed by atoms with Gasteiger partial charge in [0.25, 0.3) is 5.56 Å². The zero-order valence-electron chi connectivity index (χ0n) is 15.0. The molecule has 1 aliphatic heterocycles. The number of morpholine rings is 1. The fourth-order valence-corrected chi connectivity index (χ4v) is 3.82. The van der Waals surface area contributed by atoms with Crippen LogP contribution in [0.1, 0.15) is 40.7 Å². The van der Waals surface area contributed by atoms with Gasteiger partial charge in [-0.3, -0.25) is 9.59 Å². The molecule has 6 nitrogen and oxygen atoms in total. The third-order valence-electron chi connectivity index (χ3n) is 5.13. The number of nitrogens with one attached hydrogen (secondary N) is 1. The normalized spacial score (nSPS) is 19.4. The number of aromatic nitrogens is 2. The number of aromatic amines is 1. The van der Waals surface area contributed by atoms with Crippen LogP contribution in [0, 0.1) is 6.92 Å². The second-order valence-electron chi connectivity index (χ2n) is 7.10. The first kappa shape index (κ1) is 17.0.